The number of hydrogen-bond donors (Lipinski definition) is 0. The Morgan fingerprint density at radius 1 is 1.00 bits per heavy atom. The minimum absolute atomic E-state index is 0. The molecular formula is C9H19O3Ti-. The fourth-order valence-electron chi connectivity index (χ4n) is 0.879. The van der Waals surface area contributed by atoms with Gasteiger partial charge in [0, 0.05) is 41.5 Å². The third kappa shape index (κ3) is 7.65. The van der Waals surface area contributed by atoms with Gasteiger partial charge in [0.25, 0.3) is 0 Å². The first-order chi connectivity index (χ1) is 5.76. The molecule has 0 aliphatic heterocycles. The van der Waals surface area contributed by atoms with Crippen molar-refractivity contribution in [3.05, 3.63) is 6.29 Å². The van der Waals surface area contributed by atoms with Crippen molar-refractivity contribution in [3.63, 3.8) is 0 Å². The van der Waals surface area contributed by atoms with E-state index in [2.05, 4.69) is 0 Å². The van der Waals surface area contributed by atoms with E-state index >= 15 is 0 Å². The van der Waals surface area contributed by atoms with Gasteiger partial charge >= 0.3 is 0 Å². The van der Waals surface area contributed by atoms with E-state index in [4.69, 9.17) is 14.2 Å². The minimum Gasteiger partial charge on any atom is -0.519 e. The minimum atomic E-state index is -0.0742. The molecule has 0 aliphatic carbocycles. The van der Waals surface area contributed by atoms with Gasteiger partial charge in [0.2, 0.25) is 0 Å². The first-order valence-corrected chi connectivity index (χ1v) is 4.50. The molecule has 13 heavy (non-hydrogen) atoms. The van der Waals surface area contributed by atoms with Gasteiger partial charge in [0.05, 0.1) is 0 Å². The van der Waals surface area contributed by atoms with Crippen LogP contribution < -0.4 is 0 Å². The van der Waals surface area contributed by atoms with Gasteiger partial charge in [-0.25, -0.2) is 0 Å². The zero-order valence-corrected chi connectivity index (χ0v) is 10.5. The summed E-state index contributed by atoms with van der Waals surface area (Å²) in [6, 6.07) is 0. The van der Waals surface area contributed by atoms with Crippen LogP contribution in [-0.4, -0.2) is 25.9 Å². The van der Waals surface area contributed by atoms with Crippen LogP contribution in [-0.2, 0) is 35.9 Å². The van der Waals surface area contributed by atoms with Crippen molar-refractivity contribution in [2.45, 2.75) is 33.8 Å². The maximum atomic E-state index is 5.32. The molecule has 0 spiro atoms. The summed E-state index contributed by atoms with van der Waals surface area (Å²) >= 11 is 0. The summed E-state index contributed by atoms with van der Waals surface area (Å²) in [4.78, 5) is 0. The summed E-state index contributed by atoms with van der Waals surface area (Å²) in [6.45, 7) is 9.63. The molecule has 0 radical (unpaired) electrons. The third-order valence-electron chi connectivity index (χ3n) is 1.32. The van der Waals surface area contributed by atoms with Crippen LogP contribution in [0.1, 0.15) is 27.7 Å². The van der Waals surface area contributed by atoms with Crippen molar-refractivity contribution in [2.75, 3.05) is 19.8 Å². The predicted octanol–water partition coefficient (Wildman–Crippen LogP) is 1.97. The smallest absolute Gasteiger partial charge is 0.0407 e. The summed E-state index contributed by atoms with van der Waals surface area (Å²) in [7, 11) is 0. The quantitative estimate of drug-likeness (QED) is 0.487. The molecule has 0 aromatic heterocycles. The molecule has 1 unspecified atom stereocenters. The van der Waals surface area contributed by atoms with Gasteiger partial charge in [-0.15, -0.1) is 0 Å². The Bertz CT molecular complexity index is 94.9. The van der Waals surface area contributed by atoms with Gasteiger partial charge in [-0.1, -0.05) is 13.2 Å². The molecule has 0 N–H and O–H groups in total. The molecule has 0 bridgehead atoms. The Morgan fingerprint density at radius 3 is 1.77 bits per heavy atom. The van der Waals surface area contributed by atoms with Gasteiger partial charge in [-0.2, -0.15) is 0 Å². The first-order valence-electron chi connectivity index (χ1n) is 4.50. The average Bonchev–Trinajstić information content (AvgIpc) is 2.04. The second kappa shape index (κ2) is 10.7. The summed E-state index contributed by atoms with van der Waals surface area (Å²) in [5, 5.41) is 0. The average molecular weight is 223 g/mol. The Balaban J connectivity index is 0. The zero-order valence-electron chi connectivity index (χ0n) is 8.92. The van der Waals surface area contributed by atoms with Crippen LogP contribution >= 0.6 is 0 Å². The van der Waals surface area contributed by atoms with Gasteiger partial charge in [0.1, 0.15) is 0 Å². The van der Waals surface area contributed by atoms with Crippen molar-refractivity contribution in [2.24, 2.45) is 0 Å². The molecule has 0 rings (SSSR count). The van der Waals surface area contributed by atoms with Crippen molar-refractivity contribution in [3.8, 4) is 0 Å². The van der Waals surface area contributed by atoms with E-state index in [9.17, 15) is 0 Å². The SMILES string of the molecule is CCO[C-](OCC)C(C)OCC.[Ti]. The molecule has 0 aromatic rings. The summed E-state index contributed by atoms with van der Waals surface area (Å²) in [5.74, 6) is 0. The molecule has 0 heterocycles. The molecule has 0 aromatic carbocycles. The van der Waals surface area contributed by atoms with E-state index in [1.807, 2.05) is 27.7 Å². The molecule has 1 atom stereocenters. The van der Waals surface area contributed by atoms with Gasteiger partial charge in [-0.3, -0.25) is 0 Å². The number of rotatable bonds is 7. The summed E-state index contributed by atoms with van der Waals surface area (Å²) in [6.07, 6.45) is 0.511. The summed E-state index contributed by atoms with van der Waals surface area (Å²) in [5.41, 5.74) is 0. The second-order valence-electron chi connectivity index (χ2n) is 2.28. The molecule has 0 amide bonds. The largest absolute Gasteiger partial charge is 0.519 e. The fourth-order valence-corrected chi connectivity index (χ4v) is 0.879. The molecule has 4 heteroatoms. The molecule has 0 fully saturated rings. The van der Waals surface area contributed by atoms with E-state index in [-0.39, 0.29) is 27.8 Å². The molecule has 3 nitrogen and oxygen atoms in total. The number of ether oxygens (including phenoxy) is 3. The Morgan fingerprint density at radius 2 is 1.46 bits per heavy atom. The van der Waals surface area contributed by atoms with E-state index in [1.165, 1.54) is 0 Å². The zero-order chi connectivity index (χ0) is 9.40. The summed E-state index contributed by atoms with van der Waals surface area (Å²) < 4.78 is 15.9. The topological polar surface area (TPSA) is 27.7 Å². The van der Waals surface area contributed by atoms with Gasteiger partial charge < -0.3 is 14.2 Å². The maximum Gasteiger partial charge on any atom is 0.0407 e. The molecular weight excluding hydrogens is 204 g/mol. The standard InChI is InChI=1S/C9H19O3.Ti/c1-5-10-8(4)9(11-6-2)12-7-3;/h8H,5-7H2,1-4H3;/q-1;. The van der Waals surface area contributed by atoms with Crippen LogP contribution in [0.5, 0.6) is 0 Å². The molecule has 0 aliphatic rings. The van der Waals surface area contributed by atoms with Crippen LogP contribution in [0.3, 0.4) is 0 Å². The number of hydrogen-bond acceptors (Lipinski definition) is 3. The fraction of sp³-hybridized carbons (Fsp3) is 0.889. The maximum absolute atomic E-state index is 5.32. The monoisotopic (exact) mass is 223 g/mol. The van der Waals surface area contributed by atoms with Crippen LogP contribution in [0.15, 0.2) is 0 Å². The second-order valence-corrected chi connectivity index (χ2v) is 2.28. The van der Waals surface area contributed by atoms with Crippen LogP contribution in [0.2, 0.25) is 0 Å². The van der Waals surface area contributed by atoms with Crippen molar-refractivity contribution < 1.29 is 35.9 Å². The Hall–Kier alpha value is 0.594. The van der Waals surface area contributed by atoms with Gasteiger partial charge in [0.15, 0.2) is 0 Å². The van der Waals surface area contributed by atoms with E-state index < -0.39 is 0 Å². The third-order valence-corrected chi connectivity index (χ3v) is 1.32. The molecule has 0 saturated carbocycles. The van der Waals surface area contributed by atoms with Crippen molar-refractivity contribution >= 4 is 0 Å². The first kappa shape index (κ1) is 16.0. The normalized spacial score (nSPS) is 12.7. The predicted molar refractivity (Wildman–Crippen MR) is 47.6 cm³/mol. The van der Waals surface area contributed by atoms with Crippen LogP contribution in [0.25, 0.3) is 0 Å². The van der Waals surface area contributed by atoms with Crippen molar-refractivity contribution in [1.82, 2.24) is 0 Å². The van der Waals surface area contributed by atoms with E-state index in [0.717, 1.165) is 0 Å². The Labute approximate surface area is 96.0 Å². The molecule has 78 valence electrons. The van der Waals surface area contributed by atoms with E-state index in [0.29, 0.717) is 26.1 Å². The van der Waals surface area contributed by atoms with Gasteiger partial charge in [-0.05, 0) is 26.9 Å². The van der Waals surface area contributed by atoms with E-state index in [1.54, 1.807) is 0 Å². The van der Waals surface area contributed by atoms with Crippen molar-refractivity contribution in [1.29, 1.82) is 0 Å². The molecule has 0 saturated heterocycles. The van der Waals surface area contributed by atoms with Crippen LogP contribution in [0, 0.1) is 6.29 Å². The van der Waals surface area contributed by atoms with Crippen LogP contribution in [0.4, 0.5) is 0 Å². The Kier molecular flexibility index (Phi) is 13.2.